The molecule has 1 aliphatic heterocycles. The Hall–Kier alpha value is -3.14. The van der Waals surface area contributed by atoms with Crippen LogP contribution in [0, 0.1) is 13.8 Å². The fourth-order valence-electron chi connectivity index (χ4n) is 4.00. The summed E-state index contributed by atoms with van der Waals surface area (Å²) in [7, 11) is 1.51. The molecule has 176 valence electrons. The molecule has 2 aromatic heterocycles. The molecule has 0 amide bonds. The number of anilines is 1. The zero-order chi connectivity index (χ0) is 23.8. The highest BCUT2D eigenvalue weighted by Gasteiger charge is 2.33. The van der Waals surface area contributed by atoms with Gasteiger partial charge in [0.15, 0.2) is 11.6 Å². The van der Waals surface area contributed by atoms with E-state index in [1.165, 1.54) is 20.1 Å². The Labute approximate surface area is 189 Å². The smallest absolute Gasteiger partial charge is 0.416 e. The fourth-order valence-corrected chi connectivity index (χ4v) is 4.00. The lowest BCUT2D eigenvalue weighted by Crippen LogP contribution is -2.17. The third-order valence-electron chi connectivity index (χ3n) is 5.73. The van der Waals surface area contributed by atoms with Gasteiger partial charge in [-0.1, -0.05) is 12.1 Å². The number of aryl methyl sites for hydroxylation is 1. The molecule has 3 aromatic rings. The quantitative estimate of drug-likeness (QED) is 0.552. The second kappa shape index (κ2) is 9.01. The summed E-state index contributed by atoms with van der Waals surface area (Å²) in [5.74, 6) is 1.15. The number of hydrogen-bond acceptors (Lipinski definition) is 7. The fraction of sp³-hybridized carbons (Fsp3) is 0.435. The van der Waals surface area contributed by atoms with Crippen LogP contribution in [0.5, 0.6) is 11.6 Å². The second-order valence-electron chi connectivity index (χ2n) is 8.01. The maximum Gasteiger partial charge on any atom is 0.416 e. The maximum atomic E-state index is 13.4. The normalized spacial score (nSPS) is 17.2. The number of ether oxygens (including phenoxy) is 3. The van der Waals surface area contributed by atoms with Crippen LogP contribution in [-0.2, 0) is 10.9 Å². The highest BCUT2D eigenvalue weighted by Crippen LogP contribution is 2.37. The van der Waals surface area contributed by atoms with Gasteiger partial charge in [0.25, 0.3) is 5.88 Å². The summed E-state index contributed by atoms with van der Waals surface area (Å²) >= 11 is 0. The van der Waals surface area contributed by atoms with Gasteiger partial charge in [-0.25, -0.2) is 4.98 Å². The van der Waals surface area contributed by atoms with E-state index < -0.39 is 17.8 Å². The molecule has 1 saturated heterocycles. The van der Waals surface area contributed by atoms with Crippen LogP contribution in [-0.4, -0.2) is 41.6 Å². The Morgan fingerprint density at radius 1 is 1.21 bits per heavy atom. The molecule has 0 bridgehead atoms. The van der Waals surface area contributed by atoms with Crippen molar-refractivity contribution < 1.29 is 27.4 Å². The van der Waals surface area contributed by atoms with Crippen molar-refractivity contribution in [3.8, 4) is 11.6 Å². The largest absolute Gasteiger partial charge is 0.482 e. The minimum Gasteiger partial charge on any atom is -0.482 e. The van der Waals surface area contributed by atoms with E-state index in [1.807, 2.05) is 0 Å². The van der Waals surface area contributed by atoms with Gasteiger partial charge < -0.3 is 19.5 Å². The first-order valence-corrected chi connectivity index (χ1v) is 10.6. The van der Waals surface area contributed by atoms with E-state index in [4.69, 9.17) is 14.2 Å². The van der Waals surface area contributed by atoms with Crippen LogP contribution in [0.1, 0.15) is 41.8 Å². The number of halogens is 3. The van der Waals surface area contributed by atoms with Crippen LogP contribution in [0.3, 0.4) is 0 Å². The van der Waals surface area contributed by atoms with Gasteiger partial charge in [0.05, 0.1) is 43.0 Å². The Kier molecular flexibility index (Phi) is 6.29. The first-order valence-electron chi connectivity index (χ1n) is 10.6. The monoisotopic (exact) mass is 462 g/mol. The zero-order valence-electron chi connectivity index (χ0n) is 18.8. The lowest BCUT2D eigenvalue weighted by Gasteiger charge is -2.21. The van der Waals surface area contributed by atoms with Gasteiger partial charge >= 0.3 is 6.18 Å². The molecule has 1 N–H and O–H groups in total. The van der Waals surface area contributed by atoms with Gasteiger partial charge in [-0.15, -0.1) is 5.10 Å². The number of pyridine rings is 1. The number of methoxy groups -OCH3 is 1. The standard InChI is InChI=1S/C23H25F3N4O3/c1-12-16(6-5-7-18(12)23(24,25)26)13(2)27-21-17-10-19(33-15-8-9-32-11-15)22(31-4)28-20(17)14(3)29-30-21/h5-7,10,13,15H,8-9,11H2,1-4H3,(H,27,30)/t13-,15+/m1/s1. The molecule has 7 nitrogen and oxygen atoms in total. The summed E-state index contributed by atoms with van der Waals surface area (Å²) in [4.78, 5) is 4.56. The lowest BCUT2D eigenvalue weighted by atomic mass is 9.97. The minimum absolute atomic E-state index is 0.114. The third-order valence-corrected chi connectivity index (χ3v) is 5.73. The zero-order valence-corrected chi connectivity index (χ0v) is 18.8. The Bertz CT molecular complexity index is 1160. The number of alkyl halides is 3. The van der Waals surface area contributed by atoms with Crippen molar-refractivity contribution in [2.24, 2.45) is 0 Å². The van der Waals surface area contributed by atoms with Gasteiger partial charge in [-0.3, -0.25) is 0 Å². The van der Waals surface area contributed by atoms with Gasteiger partial charge in [-0.2, -0.15) is 18.3 Å². The molecule has 1 aromatic carbocycles. The molecular formula is C23H25F3N4O3. The lowest BCUT2D eigenvalue weighted by molar-refractivity contribution is -0.138. The Morgan fingerprint density at radius 3 is 2.67 bits per heavy atom. The highest BCUT2D eigenvalue weighted by molar-refractivity contribution is 5.92. The first kappa shape index (κ1) is 23.0. The van der Waals surface area contributed by atoms with Crippen molar-refractivity contribution in [3.05, 3.63) is 46.6 Å². The van der Waals surface area contributed by atoms with Gasteiger partial charge in [0.1, 0.15) is 11.6 Å². The summed E-state index contributed by atoms with van der Waals surface area (Å²) in [5, 5.41) is 12.3. The highest BCUT2D eigenvalue weighted by atomic mass is 19.4. The van der Waals surface area contributed by atoms with Crippen LogP contribution in [0.15, 0.2) is 24.3 Å². The van der Waals surface area contributed by atoms with Crippen molar-refractivity contribution in [2.45, 2.75) is 45.5 Å². The van der Waals surface area contributed by atoms with E-state index in [0.29, 0.717) is 52.8 Å². The molecule has 33 heavy (non-hydrogen) atoms. The SMILES string of the molecule is COc1nc2c(C)nnc(N[C@H](C)c3cccc(C(F)(F)F)c3C)c2cc1O[C@H]1CCOC1. The molecule has 1 aliphatic rings. The Morgan fingerprint density at radius 2 is 2.00 bits per heavy atom. The van der Waals surface area contributed by atoms with E-state index in [9.17, 15) is 13.2 Å². The summed E-state index contributed by atoms with van der Waals surface area (Å²) in [6, 6.07) is 5.46. The van der Waals surface area contributed by atoms with E-state index in [2.05, 4.69) is 20.5 Å². The summed E-state index contributed by atoms with van der Waals surface area (Å²) in [5.41, 5.74) is 1.18. The topological polar surface area (TPSA) is 78.4 Å². The number of aromatic nitrogens is 3. The predicted molar refractivity (Wildman–Crippen MR) is 117 cm³/mol. The minimum atomic E-state index is -4.42. The molecular weight excluding hydrogens is 437 g/mol. The third kappa shape index (κ3) is 4.66. The summed E-state index contributed by atoms with van der Waals surface area (Å²) in [6.07, 6.45) is -3.78. The van der Waals surface area contributed by atoms with E-state index in [-0.39, 0.29) is 11.7 Å². The van der Waals surface area contributed by atoms with Gasteiger partial charge in [-0.05, 0) is 44.0 Å². The van der Waals surface area contributed by atoms with Gasteiger partial charge in [0, 0.05) is 6.42 Å². The molecule has 0 saturated carbocycles. The van der Waals surface area contributed by atoms with E-state index in [1.54, 1.807) is 26.0 Å². The van der Waals surface area contributed by atoms with Crippen molar-refractivity contribution in [1.82, 2.24) is 15.2 Å². The number of hydrogen-bond donors (Lipinski definition) is 1. The second-order valence-corrected chi connectivity index (χ2v) is 8.01. The summed E-state index contributed by atoms with van der Waals surface area (Å²) in [6.45, 7) is 6.12. The van der Waals surface area contributed by atoms with Crippen LogP contribution >= 0.6 is 0 Å². The van der Waals surface area contributed by atoms with E-state index >= 15 is 0 Å². The van der Waals surface area contributed by atoms with Crippen LogP contribution in [0.25, 0.3) is 10.9 Å². The van der Waals surface area contributed by atoms with E-state index in [0.717, 1.165) is 12.5 Å². The molecule has 3 heterocycles. The number of rotatable bonds is 6. The molecule has 0 unspecified atom stereocenters. The average molecular weight is 462 g/mol. The van der Waals surface area contributed by atoms with Crippen LogP contribution in [0.4, 0.5) is 19.0 Å². The molecule has 1 fully saturated rings. The predicted octanol–water partition coefficient (Wildman–Crippen LogP) is 5.01. The molecule has 10 heteroatoms. The molecule has 4 rings (SSSR count). The summed E-state index contributed by atoms with van der Waals surface area (Å²) < 4.78 is 57.0. The van der Waals surface area contributed by atoms with Crippen molar-refractivity contribution in [3.63, 3.8) is 0 Å². The van der Waals surface area contributed by atoms with Crippen LogP contribution < -0.4 is 14.8 Å². The number of nitrogens with zero attached hydrogens (tertiary/aromatic N) is 3. The van der Waals surface area contributed by atoms with Crippen molar-refractivity contribution >= 4 is 16.7 Å². The molecule has 0 spiro atoms. The molecule has 0 aliphatic carbocycles. The van der Waals surface area contributed by atoms with Crippen molar-refractivity contribution in [2.75, 3.05) is 25.6 Å². The maximum absolute atomic E-state index is 13.4. The van der Waals surface area contributed by atoms with Crippen LogP contribution in [0.2, 0.25) is 0 Å². The van der Waals surface area contributed by atoms with Crippen molar-refractivity contribution in [1.29, 1.82) is 0 Å². The number of fused-ring (bicyclic) bond motifs is 1. The number of nitrogens with one attached hydrogen (secondary N) is 1. The molecule has 0 radical (unpaired) electrons. The first-order chi connectivity index (χ1) is 15.7. The average Bonchev–Trinajstić information content (AvgIpc) is 3.28. The molecule has 2 atom stereocenters. The Balaban J connectivity index is 1.72. The van der Waals surface area contributed by atoms with Gasteiger partial charge in [0.2, 0.25) is 0 Å². The number of benzene rings is 1.